The second kappa shape index (κ2) is 8.87. The zero-order valence-corrected chi connectivity index (χ0v) is 16.5. The summed E-state index contributed by atoms with van der Waals surface area (Å²) in [6.07, 6.45) is 0.853. The number of nitrogens with one attached hydrogen (secondary N) is 1. The van der Waals surface area contributed by atoms with Crippen molar-refractivity contribution in [2.45, 2.75) is 13.3 Å². The number of amides is 1. The van der Waals surface area contributed by atoms with Crippen LogP contribution < -0.4 is 14.8 Å². The fourth-order valence-corrected chi connectivity index (χ4v) is 3.37. The van der Waals surface area contributed by atoms with Crippen LogP contribution in [0.25, 0.3) is 0 Å². The molecule has 0 atom stereocenters. The van der Waals surface area contributed by atoms with Crippen molar-refractivity contribution in [3.63, 3.8) is 0 Å². The van der Waals surface area contributed by atoms with Gasteiger partial charge in [-0.05, 0) is 45.9 Å². The number of halogens is 1. The van der Waals surface area contributed by atoms with Crippen LogP contribution in [-0.2, 0) is 4.74 Å². The molecule has 0 fully saturated rings. The average Bonchev–Trinajstić information content (AvgIpc) is 3.07. The molecular weight excluding hydrogens is 410 g/mol. The van der Waals surface area contributed by atoms with Crippen LogP contribution in [0.2, 0.25) is 0 Å². The molecule has 1 aromatic heterocycles. The number of hydrogen-bond donors (Lipinski definition) is 1. The molecule has 0 spiro atoms. The van der Waals surface area contributed by atoms with Gasteiger partial charge in [-0.2, -0.15) is 0 Å². The van der Waals surface area contributed by atoms with Gasteiger partial charge in [0.1, 0.15) is 4.88 Å². The van der Waals surface area contributed by atoms with E-state index in [1.165, 1.54) is 25.6 Å². The molecule has 0 aliphatic rings. The van der Waals surface area contributed by atoms with Gasteiger partial charge >= 0.3 is 5.97 Å². The van der Waals surface area contributed by atoms with Crippen molar-refractivity contribution >= 4 is 44.8 Å². The van der Waals surface area contributed by atoms with Gasteiger partial charge in [-0.25, -0.2) is 4.79 Å². The molecule has 134 valence electrons. The van der Waals surface area contributed by atoms with E-state index in [-0.39, 0.29) is 5.91 Å². The molecule has 0 saturated heterocycles. The first-order chi connectivity index (χ1) is 12.0. The highest BCUT2D eigenvalue weighted by molar-refractivity contribution is 9.10. The van der Waals surface area contributed by atoms with Gasteiger partial charge in [0.05, 0.1) is 31.0 Å². The lowest BCUT2D eigenvalue weighted by atomic mass is 10.2. The summed E-state index contributed by atoms with van der Waals surface area (Å²) >= 11 is 4.61. The third kappa shape index (κ3) is 4.52. The van der Waals surface area contributed by atoms with Crippen LogP contribution in [0.1, 0.15) is 33.4 Å². The van der Waals surface area contributed by atoms with E-state index in [0.29, 0.717) is 38.7 Å². The molecule has 1 heterocycles. The van der Waals surface area contributed by atoms with Gasteiger partial charge in [-0.1, -0.05) is 6.92 Å². The fourth-order valence-electron chi connectivity index (χ4n) is 2.05. The minimum absolute atomic E-state index is 0.338. The van der Waals surface area contributed by atoms with Crippen LogP contribution >= 0.6 is 27.3 Å². The zero-order chi connectivity index (χ0) is 18.4. The van der Waals surface area contributed by atoms with E-state index in [4.69, 9.17) is 14.2 Å². The predicted octanol–water partition coefficient (Wildman–Crippen LogP) is 4.35. The van der Waals surface area contributed by atoms with Crippen molar-refractivity contribution in [3.8, 4) is 11.5 Å². The van der Waals surface area contributed by atoms with E-state index in [1.807, 2.05) is 6.92 Å². The molecule has 2 aromatic rings. The van der Waals surface area contributed by atoms with Crippen molar-refractivity contribution < 1.29 is 23.8 Å². The lowest BCUT2D eigenvalue weighted by Gasteiger charge is -2.14. The highest BCUT2D eigenvalue weighted by atomic mass is 79.9. The molecule has 0 bridgehead atoms. The highest BCUT2D eigenvalue weighted by Gasteiger charge is 2.19. The van der Waals surface area contributed by atoms with Crippen LogP contribution in [0.3, 0.4) is 0 Å². The molecule has 0 aliphatic carbocycles. The summed E-state index contributed by atoms with van der Waals surface area (Å²) in [6, 6.07) is 4.89. The number of methoxy groups -OCH3 is 2. The maximum atomic E-state index is 12.5. The van der Waals surface area contributed by atoms with Crippen LogP contribution in [-0.4, -0.2) is 32.7 Å². The van der Waals surface area contributed by atoms with E-state index >= 15 is 0 Å². The van der Waals surface area contributed by atoms with Gasteiger partial charge in [0.2, 0.25) is 0 Å². The lowest BCUT2D eigenvalue weighted by molar-refractivity contribution is 0.0607. The summed E-state index contributed by atoms with van der Waals surface area (Å²) in [5.41, 5.74) is 0.776. The van der Waals surface area contributed by atoms with E-state index in [2.05, 4.69) is 21.2 Å². The topological polar surface area (TPSA) is 73.9 Å². The number of carbonyl (C=O) groups excluding carboxylic acids is 2. The molecular formula is C17H18BrNO5S. The molecule has 0 saturated carbocycles. The van der Waals surface area contributed by atoms with Crippen molar-refractivity contribution in [2.24, 2.45) is 0 Å². The molecule has 0 radical (unpaired) electrons. The van der Waals surface area contributed by atoms with Gasteiger partial charge in [-0.15, -0.1) is 11.3 Å². The Kier molecular flexibility index (Phi) is 6.83. The SMILES string of the molecule is CCCOc1c(Br)cc(C(=O)Nc2ccsc2C(=O)OC)cc1OC. The van der Waals surface area contributed by atoms with Crippen molar-refractivity contribution in [1.29, 1.82) is 0 Å². The van der Waals surface area contributed by atoms with Gasteiger partial charge < -0.3 is 19.5 Å². The molecule has 0 unspecified atom stereocenters. The first-order valence-electron chi connectivity index (χ1n) is 7.49. The second-order valence-electron chi connectivity index (χ2n) is 4.95. The van der Waals surface area contributed by atoms with Crippen molar-refractivity contribution in [2.75, 3.05) is 26.1 Å². The van der Waals surface area contributed by atoms with Gasteiger partial charge in [0.15, 0.2) is 11.5 Å². The third-order valence-electron chi connectivity index (χ3n) is 3.23. The van der Waals surface area contributed by atoms with Crippen LogP contribution in [0.4, 0.5) is 5.69 Å². The molecule has 25 heavy (non-hydrogen) atoms. The quantitative estimate of drug-likeness (QED) is 0.664. The van der Waals surface area contributed by atoms with Crippen molar-refractivity contribution in [1.82, 2.24) is 0 Å². The summed E-state index contributed by atoms with van der Waals surface area (Å²) in [5.74, 6) is 0.134. The highest BCUT2D eigenvalue weighted by Crippen LogP contribution is 2.37. The van der Waals surface area contributed by atoms with E-state index in [1.54, 1.807) is 23.6 Å². The summed E-state index contributed by atoms with van der Waals surface area (Å²) in [4.78, 5) is 24.6. The van der Waals surface area contributed by atoms with E-state index in [0.717, 1.165) is 6.42 Å². The predicted molar refractivity (Wildman–Crippen MR) is 100 cm³/mol. The van der Waals surface area contributed by atoms with Gasteiger partial charge in [0, 0.05) is 5.56 Å². The second-order valence-corrected chi connectivity index (χ2v) is 6.72. The number of hydrogen-bond acceptors (Lipinski definition) is 6. The maximum absolute atomic E-state index is 12.5. The summed E-state index contributed by atoms with van der Waals surface area (Å²) in [5, 5.41) is 4.43. The number of rotatable bonds is 7. The van der Waals surface area contributed by atoms with Crippen molar-refractivity contribution in [3.05, 3.63) is 38.5 Å². The Morgan fingerprint density at radius 2 is 2.04 bits per heavy atom. The maximum Gasteiger partial charge on any atom is 0.350 e. The molecule has 6 nitrogen and oxygen atoms in total. The Morgan fingerprint density at radius 3 is 2.68 bits per heavy atom. The summed E-state index contributed by atoms with van der Waals surface area (Å²) in [6.45, 7) is 2.54. The number of carbonyl (C=O) groups is 2. The average molecular weight is 428 g/mol. The monoisotopic (exact) mass is 427 g/mol. The molecule has 2 rings (SSSR count). The number of ether oxygens (including phenoxy) is 3. The van der Waals surface area contributed by atoms with Gasteiger partial charge in [-0.3, -0.25) is 4.79 Å². The summed E-state index contributed by atoms with van der Waals surface area (Å²) in [7, 11) is 2.81. The molecule has 8 heteroatoms. The molecule has 0 aliphatic heterocycles. The molecule has 1 amide bonds. The fraction of sp³-hybridized carbons (Fsp3) is 0.294. The van der Waals surface area contributed by atoms with Crippen LogP contribution in [0.5, 0.6) is 11.5 Å². The Hall–Kier alpha value is -2.06. The Balaban J connectivity index is 2.27. The first kappa shape index (κ1) is 19.3. The standard InChI is InChI=1S/C17H18BrNO5S/c1-4-6-24-14-11(18)8-10(9-13(14)22-2)16(20)19-12-5-7-25-15(12)17(21)23-3/h5,7-9H,4,6H2,1-3H3,(H,19,20). The van der Waals surface area contributed by atoms with E-state index < -0.39 is 5.97 Å². The Labute approximate surface area is 158 Å². The number of thiophene rings is 1. The van der Waals surface area contributed by atoms with Crippen LogP contribution in [0.15, 0.2) is 28.1 Å². The number of anilines is 1. The minimum atomic E-state index is -0.493. The lowest BCUT2D eigenvalue weighted by Crippen LogP contribution is -2.14. The van der Waals surface area contributed by atoms with Gasteiger partial charge in [0.25, 0.3) is 5.91 Å². The first-order valence-corrected chi connectivity index (χ1v) is 9.16. The molecule has 1 aromatic carbocycles. The minimum Gasteiger partial charge on any atom is -0.493 e. The number of esters is 1. The molecule has 1 N–H and O–H groups in total. The van der Waals surface area contributed by atoms with E-state index in [9.17, 15) is 9.59 Å². The Morgan fingerprint density at radius 1 is 1.28 bits per heavy atom. The Bertz CT molecular complexity index is 774. The van der Waals surface area contributed by atoms with Crippen LogP contribution in [0, 0.1) is 0 Å². The zero-order valence-electron chi connectivity index (χ0n) is 14.1. The summed E-state index contributed by atoms with van der Waals surface area (Å²) < 4.78 is 16.3. The largest absolute Gasteiger partial charge is 0.493 e. The third-order valence-corrected chi connectivity index (χ3v) is 4.71. The smallest absolute Gasteiger partial charge is 0.350 e. The number of benzene rings is 1. The normalized spacial score (nSPS) is 10.2.